The number of ether oxygens (including phenoxy) is 2. The summed E-state index contributed by atoms with van der Waals surface area (Å²) < 4.78 is 10.8. The van der Waals surface area contributed by atoms with Gasteiger partial charge in [0.1, 0.15) is 6.61 Å². The molecule has 0 amide bonds. The lowest BCUT2D eigenvalue weighted by Gasteiger charge is -2.15. The van der Waals surface area contributed by atoms with E-state index in [0.717, 1.165) is 70.6 Å². The molecule has 1 unspecified atom stereocenters. The number of rotatable bonds is 70. The van der Waals surface area contributed by atoms with Crippen LogP contribution in [0.2, 0.25) is 0 Å². The van der Waals surface area contributed by atoms with Crippen molar-refractivity contribution in [3.05, 3.63) is 72.9 Å². The van der Waals surface area contributed by atoms with Crippen molar-refractivity contribution in [3.63, 3.8) is 0 Å². The fraction of sp³-hybridized carbons (Fsp3) is 0.823. The van der Waals surface area contributed by atoms with E-state index < -0.39 is 6.10 Å². The maximum Gasteiger partial charge on any atom is 0.306 e. The second-order valence-electron chi connectivity index (χ2n) is 25.4. The molecule has 0 saturated heterocycles. The number of hydrogen-bond acceptors (Lipinski definition) is 5. The second-order valence-corrected chi connectivity index (χ2v) is 25.4. The zero-order valence-corrected chi connectivity index (χ0v) is 56.4. The Kier molecular flexibility index (Phi) is 72.2. The highest BCUT2D eigenvalue weighted by molar-refractivity contribution is 5.70. The van der Waals surface area contributed by atoms with Crippen molar-refractivity contribution in [3.8, 4) is 0 Å². The van der Waals surface area contributed by atoms with Crippen LogP contribution < -0.4 is 0 Å². The van der Waals surface area contributed by atoms with Gasteiger partial charge in [-0.25, -0.2) is 0 Å². The largest absolute Gasteiger partial charge is 0.462 e. The Hall–Kier alpha value is -2.66. The maximum atomic E-state index is 12.4. The lowest BCUT2D eigenvalue weighted by atomic mass is 10.0. The minimum absolute atomic E-state index is 0.0598. The summed E-state index contributed by atoms with van der Waals surface area (Å²) in [6.07, 6.45) is 104. The first kappa shape index (κ1) is 81.3. The molecule has 0 aliphatic rings. The molecule has 0 aromatic rings. The Labute approximate surface area is 524 Å². The molecule has 0 fully saturated rings. The van der Waals surface area contributed by atoms with Crippen molar-refractivity contribution in [2.45, 2.75) is 405 Å². The van der Waals surface area contributed by atoms with E-state index in [9.17, 15) is 14.7 Å². The summed E-state index contributed by atoms with van der Waals surface area (Å²) in [5, 5.41) is 9.72. The topological polar surface area (TPSA) is 72.8 Å². The highest BCUT2D eigenvalue weighted by Gasteiger charge is 2.16. The van der Waals surface area contributed by atoms with Crippen molar-refractivity contribution in [2.24, 2.45) is 0 Å². The number of unbranched alkanes of at least 4 members (excludes halogenated alkanes) is 50. The molecule has 0 radical (unpaired) electrons. The molecule has 0 heterocycles. The summed E-state index contributed by atoms with van der Waals surface area (Å²) in [5.41, 5.74) is 0. The first-order valence-electron chi connectivity index (χ1n) is 37.5. The van der Waals surface area contributed by atoms with Gasteiger partial charge in [0, 0.05) is 12.8 Å². The third kappa shape index (κ3) is 71.8. The molecule has 0 aromatic heterocycles. The molecule has 5 heteroatoms. The zero-order valence-electron chi connectivity index (χ0n) is 56.4. The van der Waals surface area contributed by atoms with Crippen LogP contribution in [0.15, 0.2) is 72.9 Å². The van der Waals surface area contributed by atoms with E-state index in [1.807, 2.05) is 0 Å². The SMILES string of the molecule is CC/C=C\C/C=C\C/C=C\C/C=C\C/C=C\C/C=C\CCCCCCCCCCCCCCCCCCCCCCCCC(=O)OC(CO)COC(=O)CCCCCCCCCCCCCCCCCCCCCCCCCCCCCCC. The number of hydrogen-bond donors (Lipinski definition) is 1. The van der Waals surface area contributed by atoms with Gasteiger partial charge in [-0.15, -0.1) is 0 Å². The molecule has 1 N–H and O–H groups in total. The third-order valence-electron chi connectivity index (χ3n) is 17.0. The smallest absolute Gasteiger partial charge is 0.306 e. The highest BCUT2D eigenvalue weighted by Crippen LogP contribution is 2.19. The van der Waals surface area contributed by atoms with E-state index in [2.05, 4.69) is 86.8 Å². The summed E-state index contributed by atoms with van der Waals surface area (Å²) in [5.74, 6) is -0.566. The van der Waals surface area contributed by atoms with Crippen LogP contribution in [0.1, 0.15) is 399 Å². The summed E-state index contributed by atoms with van der Waals surface area (Å²) in [6.45, 7) is 4.09. The fourth-order valence-electron chi connectivity index (χ4n) is 11.4. The van der Waals surface area contributed by atoms with Gasteiger partial charge in [-0.05, 0) is 64.2 Å². The lowest BCUT2D eigenvalue weighted by Crippen LogP contribution is -2.28. The molecular formula is C79H144O5. The molecule has 5 nitrogen and oxygen atoms in total. The number of esters is 2. The Bertz CT molecular complexity index is 1470. The van der Waals surface area contributed by atoms with E-state index in [4.69, 9.17) is 9.47 Å². The summed E-state index contributed by atoms with van der Waals surface area (Å²) >= 11 is 0. The van der Waals surface area contributed by atoms with Crippen molar-refractivity contribution in [1.82, 2.24) is 0 Å². The molecule has 0 spiro atoms. The van der Waals surface area contributed by atoms with E-state index in [0.29, 0.717) is 12.8 Å². The van der Waals surface area contributed by atoms with Crippen LogP contribution >= 0.6 is 0 Å². The first-order valence-corrected chi connectivity index (χ1v) is 37.5. The van der Waals surface area contributed by atoms with Crippen LogP contribution in [-0.2, 0) is 19.1 Å². The third-order valence-corrected chi connectivity index (χ3v) is 17.0. The molecule has 0 rings (SSSR count). The van der Waals surface area contributed by atoms with E-state index in [1.165, 1.54) is 302 Å². The van der Waals surface area contributed by atoms with Gasteiger partial charge in [-0.2, -0.15) is 0 Å². The number of carbonyl (C=O) groups excluding carboxylic acids is 2. The quantitative estimate of drug-likeness (QED) is 0.0373. The van der Waals surface area contributed by atoms with Gasteiger partial charge in [0.2, 0.25) is 0 Å². The lowest BCUT2D eigenvalue weighted by molar-refractivity contribution is -0.161. The first-order chi connectivity index (χ1) is 41.6. The van der Waals surface area contributed by atoms with Gasteiger partial charge in [0.15, 0.2) is 6.10 Å². The van der Waals surface area contributed by atoms with E-state index in [1.54, 1.807) is 0 Å². The Morgan fingerprint density at radius 2 is 0.512 bits per heavy atom. The average Bonchev–Trinajstić information content (AvgIpc) is 3.51. The molecule has 0 aliphatic heterocycles. The van der Waals surface area contributed by atoms with Crippen LogP contribution in [0.3, 0.4) is 0 Å². The molecule has 84 heavy (non-hydrogen) atoms. The molecular weight excluding hydrogens is 1030 g/mol. The average molecular weight is 1170 g/mol. The summed E-state index contributed by atoms with van der Waals surface area (Å²) in [7, 11) is 0. The number of aliphatic hydroxyl groups is 1. The van der Waals surface area contributed by atoms with Gasteiger partial charge in [0.05, 0.1) is 6.61 Å². The van der Waals surface area contributed by atoms with Crippen LogP contribution in [0, 0.1) is 0 Å². The molecule has 0 bridgehead atoms. The molecule has 0 aliphatic carbocycles. The van der Waals surface area contributed by atoms with Crippen molar-refractivity contribution >= 4 is 11.9 Å². The second kappa shape index (κ2) is 74.6. The molecule has 1 atom stereocenters. The van der Waals surface area contributed by atoms with Gasteiger partial charge < -0.3 is 14.6 Å². The number of carbonyl (C=O) groups is 2. The predicted octanol–water partition coefficient (Wildman–Crippen LogP) is 26.2. The van der Waals surface area contributed by atoms with Gasteiger partial charge in [-0.1, -0.05) is 395 Å². The van der Waals surface area contributed by atoms with Crippen LogP contribution in [0.25, 0.3) is 0 Å². The normalized spacial score (nSPS) is 12.6. The van der Waals surface area contributed by atoms with E-state index in [-0.39, 0.29) is 25.2 Å². The van der Waals surface area contributed by atoms with Crippen molar-refractivity contribution < 1.29 is 24.2 Å². The Morgan fingerprint density at radius 3 is 0.774 bits per heavy atom. The van der Waals surface area contributed by atoms with Crippen LogP contribution in [0.4, 0.5) is 0 Å². The minimum Gasteiger partial charge on any atom is -0.462 e. The fourth-order valence-corrected chi connectivity index (χ4v) is 11.4. The molecule has 0 saturated carbocycles. The number of allylic oxidation sites excluding steroid dienone is 12. The van der Waals surface area contributed by atoms with E-state index >= 15 is 0 Å². The maximum absolute atomic E-state index is 12.4. The van der Waals surface area contributed by atoms with Crippen LogP contribution in [-0.4, -0.2) is 36.4 Å². The Balaban J connectivity index is 3.39. The summed E-state index contributed by atoms with van der Waals surface area (Å²) in [6, 6.07) is 0. The Morgan fingerprint density at radius 1 is 0.286 bits per heavy atom. The van der Waals surface area contributed by atoms with Crippen molar-refractivity contribution in [1.29, 1.82) is 0 Å². The van der Waals surface area contributed by atoms with Crippen molar-refractivity contribution in [2.75, 3.05) is 13.2 Å². The highest BCUT2D eigenvalue weighted by atomic mass is 16.6. The predicted molar refractivity (Wildman–Crippen MR) is 371 cm³/mol. The minimum atomic E-state index is -0.771. The van der Waals surface area contributed by atoms with Crippen LogP contribution in [0.5, 0.6) is 0 Å². The van der Waals surface area contributed by atoms with Gasteiger partial charge >= 0.3 is 11.9 Å². The van der Waals surface area contributed by atoms with Gasteiger partial charge in [-0.3, -0.25) is 9.59 Å². The molecule has 490 valence electrons. The zero-order chi connectivity index (χ0) is 60.5. The monoisotopic (exact) mass is 1170 g/mol. The van der Waals surface area contributed by atoms with Gasteiger partial charge in [0.25, 0.3) is 0 Å². The standard InChI is InChI=1S/C79H144O5/c1-3-5-7-9-11-13-15-17-19-21-23-25-27-29-31-33-34-35-36-37-38-39-40-41-42-43-44-46-48-50-52-54-56-58-60-62-64-66-68-70-72-74-79(82)84-77(75-80)76-83-78(81)73-71-69-67-65-63-61-59-57-55-53-51-49-47-45-32-30-28-26-24-22-20-18-16-14-12-10-8-6-4-2/h5,7,11,13,17,19,23,25,29,31,34-35,77,80H,3-4,6,8-10,12,14-16,18,20-22,24,26-28,30,32-33,36-76H2,1-2H3/b7-5-,13-11-,19-17-,25-23-,31-29-,35-34-. The summed E-state index contributed by atoms with van der Waals surface area (Å²) in [4.78, 5) is 24.7. The number of aliphatic hydroxyl groups excluding tert-OH is 1. The molecule has 0 aromatic carbocycles.